The molecule has 1 aliphatic carbocycles. The molecule has 0 radical (unpaired) electrons. The first-order valence-corrected chi connectivity index (χ1v) is 14.4. The fraction of sp³-hybridized carbons (Fsp3) is 0.633. The Morgan fingerprint density at radius 3 is 2.42 bits per heavy atom. The van der Waals surface area contributed by atoms with Crippen molar-refractivity contribution in [2.45, 2.75) is 104 Å². The zero-order valence-corrected chi connectivity index (χ0v) is 24.5. The highest BCUT2D eigenvalue weighted by molar-refractivity contribution is 6.30. The van der Waals surface area contributed by atoms with Crippen molar-refractivity contribution in [1.29, 1.82) is 0 Å². The summed E-state index contributed by atoms with van der Waals surface area (Å²) >= 11 is 5.82. The van der Waals surface area contributed by atoms with Crippen LogP contribution in [0.2, 0.25) is 5.02 Å². The lowest BCUT2D eigenvalue weighted by Crippen LogP contribution is -2.49. The van der Waals surface area contributed by atoms with Crippen LogP contribution in [0.25, 0.3) is 0 Å². The number of benzene rings is 1. The maximum Gasteiger partial charge on any atom is 0.270 e. The average molecular weight is 550 g/mol. The first-order chi connectivity index (χ1) is 18.1. The Balaban J connectivity index is 0.000000281. The zero-order valence-electron chi connectivity index (χ0n) is 23.7. The molecule has 6 nitrogen and oxygen atoms in total. The summed E-state index contributed by atoms with van der Waals surface area (Å²) in [7, 11) is 0. The number of carbonyl (C=O) groups excluding carboxylic acids is 2. The van der Waals surface area contributed by atoms with Gasteiger partial charge in [0, 0.05) is 24.4 Å². The predicted octanol–water partition coefficient (Wildman–Crippen LogP) is 6.60. The number of morpholine rings is 1. The van der Waals surface area contributed by atoms with E-state index in [-0.39, 0.29) is 47.0 Å². The van der Waals surface area contributed by atoms with Crippen LogP contribution in [0.15, 0.2) is 34.5 Å². The molecule has 1 saturated carbocycles. The summed E-state index contributed by atoms with van der Waals surface area (Å²) in [6, 6.07) is 5.14. The van der Waals surface area contributed by atoms with Gasteiger partial charge in [-0.2, -0.15) is 0 Å². The molecule has 1 heterocycles. The number of rotatable bonds is 9. The topological polar surface area (TPSA) is 85.0 Å². The van der Waals surface area contributed by atoms with Gasteiger partial charge in [0.25, 0.3) is 5.91 Å². The van der Waals surface area contributed by atoms with Crippen molar-refractivity contribution in [2.75, 3.05) is 19.6 Å². The van der Waals surface area contributed by atoms with Crippen molar-refractivity contribution >= 4 is 29.0 Å². The molecule has 3 rings (SSSR count). The molecule has 1 unspecified atom stereocenters. The SMILES string of the molecule is CC(=O)CN=C1CCC/C1=C(/N)C(=O)N1C[C@@H](C)O[C@@H](C)C1.CCCCC(CCC)c1ccc(F)c(Cl)c1. The molecule has 3 atom stereocenters. The van der Waals surface area contributed by atoms with Gasteiger partial charge in [0.15, 0.2) is 5.78 Å². The predicted molar refractivity (Wildman–Crippen MR) is 153 cm³/mol. The molecule has 8 heteroatoms. The maximum absolute atomic E-state index is 13.1. The Morgan fingerprint density at radius 2 is 1.84 bits per heavy atom. The Kier molecular flexibility index (Phi) is 13.5. The van der Waals surface area contributed by atoms with Crippen molar-refractivity contribution in [3.8, 4) is 0 Å². The van der Waals surface area contributed by atoms with Crippen molar-refractivity contribution in [3.05, 3.63) is 45.9 Å². The molecular weight excluding hydrogens is 505 g/mol. The minimum atomic E-state index is -0.323. The largest absolute Gasteiger partial charge is 0.394 e. The van der Waals surface area contributed by atoms with Crippen molar-refractivity contribution < 1.29 is 18.7 Å². The number of nitrogens with two attached hydrogens (primary N) is 1. The van der Waals surface area contributed by atoms with E-state index in [9.17, 15) is 14.0 Å². The van der Waals surface area contributed by atoms with E-state index in [0.717, 1.165) is 43.4 Å². The van der Waals surface area contributed by atoms with E-state index in [1.165, 1.54) is 37.8 Å². The van der Waals surface area contributed by atoms with Gasteiger partial charge in [-0.05, 0) is 76.5 Å². The van der Waals surface area contributed by atoms with E-state index in [1.807, 2.05) is 19.9 Å². The molecular formula is C30H45ClFN3O3. The molecule has 2 N–H and O–H groups in total. The number of ketones is 1. The first-order valence-electron chi connectivity index (χ1n) is 14.0. The van der Waals surface area contributed by atoms with Crippen molar-refractivity contribution in [2.24, 2.45) is 10.7 Å². The molecule has 1 aliphatic heterocycles. The van der Waals surface area contributed by atoms with Gasteiger partial charge in [-0.25, -0.2) is 4.39 Å². The van der Waals surface area contributed by atoms with E-state index in [0.29, 0.717) is 19.0 Å². The van der Waals surface area contributed by atoms with Gasteiger partial charge in [0.2, 0.25) is 0 Å². The minimum absolute atomic E-state index is 0.0134. The summed E-state index contributed by atoms with van der Waals surface area (Å²) < 4.78 is 18.7. The third kappa shape index (κ3) is 9.81. The van der Waals surface area contributed by atoms with Crippen LogP contribution >= 0.6 is 11.6 Å². The third-order valence-corrected chi connectivity index (χ3v) is 7.19. The summed E-state index contributed by atoms with van der Waals surface area (Å²) in [4.78, 5) is 29.8. The zero-order chi connectivity index (χ0) is 28.2. The molecule has 0 bridgehead atoms. The van der Waals surface area contributed by atoms with Gasteiger partial charge in [0.1, 0.15) is 11.5 Å². The number of halogens is 2. The van der Waals surface area contributed by atoms with Crippen molar-refractivity contribution in [1.82, 2.24) is 4.90 Å². The van der Waals surface area contributed by atoms with E-state index in [2.05, 4.69) is 18.8 Å². The Hall–Kier alpha value is -2.25. The number of Topliss-reactive ketones (excluding diaryl/α,β-unsaturated/α-hetero) is 1. The fourth-order valence-electron chi connectivity index (χ4n) is 5.09. The quantitative estimate of drug-likeness (QED) is 0.351. The number of amides is 1. The first kappa shape index (κ1) is 32.0. The van der Waals surface area contributed by atoms with E-state index < -0.39 is 0 Å². The fourth-order valence-corrected chi connectivity index (χ4v) is 5.27. The Bertz CT molecular complexity index is 1000. The maximum atomic E-state index is 13.1. The van der Waals surface area contributed by atoms with Crippen LogP contribution in [0.3, 0.4) is 0 Å². The molecule has 0 aromatic heterocycles. The average Bonchev–Trinajstić information content (AvgIpc) is 3.34. The Morgan fingerprint density at radius 1 is 1.16 bits per heavy atom. The number of carbonyl (C=O) groups is 2. The highest BCUT2D eigenvalue weighted by Gasteiger charge is 2.30. The summed E-state index contributed by atoms with van der Waals surface area (Å²) in [6.07, 6.45) is 8.40. The van der Waals surface area contributed by atoms with Crippen molar-refractivity contribution in [3.63, 3.8) is 0 Å². The van der Waals surface area contributed by atoms with Crippen LogP contribution in [0.5, 0.6) is 0 Å². The number of ether oxygens (including phenoxy) is 1. The second kappa shape index (κ2) is 16.0. The van der Waals surface area contributed by atoms with Gasteiger partial charge in [-0.1, -0.05) is 50.8 Å². The molecule has 1 saturated heterocycles. The van der Waals surface area contributed by atoms with Crippen LogP contribution in [0.1, 0.15) is 97.5 Å². The molecule has 212 valence electrons. The smallest absolute Gasteiger partial charge is 0.270 e. The number of unbranched alkanes of at least 4 members (excludes halogenated alkanes) is 1. The molecule has 2 fully saturated rings. The van der Waals surface area contributed by atoms with Gasteiger partial charge >= 0.3 is 0 Å². The number of nitrogens with zero attached hydrogens (tertiary/aromatic N) is 2. The molecule has 1 aromatic carbocycles. The van der Waals surface area contributed by atoms with Crippen LogP contribution in [-0.4, -0.2) is 54.1 Å². The number of hydrogen-bond acceptors (Lipinski definition) is 5. The van der Waals surface area contributed by atoms with Gasteiger partial charge < -0.3 is 15.4 Å². The summed E-state index contributed by atoms with van der Waals surface area (Å²) in [5.74, 6) is 0.0770. The van der Waals surface area contributed by atoms with Crippen LogP contribution in [0, 0.1) is 5.82 Å². The highest BCUT2D eigenvalue weighted by Crippen LogP contribution is 2.30. The van der Waals surface area contributed by atoms with Gasteiger partial charge in [-0.15, -0.1) is 0 Å². The van der Waals surface area contributed by atoms with E-state index in [4.69, 9.17) is 22.1 Å². The van der Waals surface area contributed by atoms with E-state index >= 15 is 0 Å². The standard InChI is InChI=1S/C16H25N3O3.C14H20ClF/c1-10(20)7-18-14-6-4-5-13(14)15(17)16(21)19-8-11(2)22-12(3)9-19;1-3-5-7-11(6-4-2)12-8-9-14(16)13(15)10-12/h11-12H,4-9,17H2,1-3H3;8-11H,3-7H2,1-2H3/b15-13-,18-14?;/t11-,12+;. The minimum Gasteiger partial charge on any atom is -0.394 e. The number of aliphatic imine (C=N–C) groups is 1. The van der Waals surface area contributed by atoms with Crippen LogP contribution < -0.4 is 5.73 Å². The molecule has 1 aromatic rings. The lowest BCUT2D eigenvalue weighted by Gasteiger charge is -2.35. The summed E-state index contributed by atoms with van der Waals surface area (Å²) in [5.41, 5.74) is 9.22. The van der Waals surface area contributed by atoms with Gasteiger partial charge in [-0.3, -0.25) is 14.6 Å². The number of hydrogen-bond donors (Lipinski definition) is 1. The molecule has 1 amide bonds. The lowest BCUT2D eigenvalue weighted by molar-refractivity contribution is -0.139. The normalized spacial score (nSPS) is 22.6. The summed E-state index contributed by atoms with van der Waals surface area (Å²) in [5, 5.41) is 0.245. The summed E-state index contributed by atoms with van der Waals surface area (Å²) in [6.45, 7) is 11.1. The second-order valence-electron chi connectivity index (χ2n) is 10.5. The monoisotopic (exact) mass is 549 g/mol. The van der Waals surface area contributed by atoms with Crippen LogP contribution in [-0.2, 0) is 14.3 Å². The molecule has 2 aliphatic rings. The second-order valence-corrected chi connectivity index (χ2v) is 10.9. The lowest BCUT2D eigenvalue weighted by atomic mass is 9.90. The van der Waals surface area contributed by atoms with E-state index in [1.54, 1.807) is 11.0 Å². The molecule has 0 spiro atoms. The highest BCUT2D eigenvalue weighted by atomic mass is 35.5. The Labute approximate surface area is 232 Å². The number of allylic oxidation sites excluding steroid dienone is 1. The van der Waals surface area contributed by atoms with Crippen LogP contribution in [0.4, 0.5) is 4.39 Å². The third-order valence-electron chi connectivity index (χ3n) is 6.90. The molecule has 38 heavy (non-hydrogen) atoms. The van der Waals surface area contributed by atoms with Gasteiger partial charge in [0.05, 0.1) is 23.8 Å².